The molecule has 0 aromatic carbocycles. The van der Waals surface area contributed by atoms with Crippen LogP contribution in [0.1, 0.15) is 13.3 Å². The normalized spacial score (nSPS) is 15.7. The van der Waals surface area contributed by atoms with E-state index in [1.54, 1.807) is 0 Å². The molecule has 1 aliphatic rings. The highest BCUT2D eigenvalue weighted by molar-refractivity contribution is 5.09. The van der Waals surface area contributed by atoms with Crippen LogP contribution in [-0.4, -0.2) is 30.8 Å². The van der Waals surface area contributed by atoms with Crippen molar-refractivity contribution in [3.8, 4) is 0 Å². The minimum atomic E-state index is 0.744. The molecule has 0 unspecified atom stereocenters. The number of ether oxygens (including phenoxy) is 1. The van der Waals surface area contributed by atoms with Crippen LogP contribution in [0.3, 0.4) is 0 Å². The molecule has 0 spiro atoms. The van der Waals surface area contributed by atoms with Crippen LogP contribution in [0.4, 0.5) is 0 Å². The predicted octanol–water partition coefficient (Wildman–Crippen LogP) is 1.06. The third kappa shape index (κ3) is 2.99. The Morgan fingerprint density at radius 3 is 2.92 bits per heavy atom. The summed E-state index contributed by atoms with van der Waals surface area (Å²) in [6, 6.07) is 0. The van der Waals surface area contributed by atoms with Crippen molar-refractivity contribution in [1.29, 1.82) is 0 Å². The molecule has 4 nitrogen and oxygen atoms in total. The monoisotopic (exact) mass is 183 g/mol. The van der Waals surface area contributed by atoms with Gasteiger partial charge in [0.25, 0.3) is 0 Å². The molecule has 0 atom stereocenters. The molecular weight excluding hydrogens is 166 g/mol. The van der Waals surface area contributed by atoms with E-state index in [0.717, 1.165) is 18.9 Å². The van der Waals surface area contributed by atoms with Gasteiger partial charge in [-0.05, 0) is 12.5 Å². The molecule has 0 bridgehead atoms. The first-order valence-corrected chi connectivity index (χ1v) is 4.48. The van der Waals surface area contributed by atoms with Gasteiger partial charge in [0, 0.05) is 26.4 Å². The summed E-state index contributed by atoms with van der Waals surface area (Å²) in [4.78, 5) is 0. The van der Waals surface area contributed by atoms with E-state index < -0.39 is 0 Å². The van der Waals surface area contributed by atoms with Crippen LogP contribution in [0.25, 0.3) is 0 Å². The topological polar surface area (TPSA) is 27.7 Å². The summed E-state index contributed by atoms with van der Waals surface area (Å²) in [6.45, 7) is 2.83. The second-order valence-corrected chi connectivity index (χ2v) is 3.02. The van der Waals surface area contributed by atoms with Gasteiger partial charge < -0.3 is 4.74 Å². The maximum absolute atomic E-state index is 5.44. The lowest BCUT2D eigenvalue weighted by Crippen LogP contribution is -2.44. The zero-order valence-corrected chi connectivity index (χ0v) is 8.45. The van der Waals surface area contributed by atoms with E-state index >= 15 is 0 Å². The quantitative estimate of drug-likeness (QED) is 0.705. The first-order valence-electron chi connectivity index (χ1n) is 4.48. The van der Waals surface area contributed by atoms with Gasteiger partial charge in [-0.25, -0.2) is 10.1 Å². The smallest absolute Gasteiger partial charge is 0.207 e. The zero-order valence-electron chi connectivity index (χ0n) is 8.45. The van der Waals surface area contributed by atoms with E-state index in [4.69, 9.17) is 4.74 Å². The van der Waals surface area contributed by atoms with Crippen LogP contribution in [0.5, 0.6) is 0 Å². The lowest BCUT2D eigenvalue weighted by Gasteiger charge is -2.30. The molecule has 0 saturated carbocycles. The molecule has 1 rings (SSSR count). The lowest BCUT2D eigenvalue weighted by molar-refractivity contribution is 0.00636. The molecule has 1 N–H and O–H groups in total. The maximum Gasteiger partial charge on any atom is 0.207 e. The van der Waals surface area contributed by atoms with E-state index in [0.29, 0.717) is 0 Å². The fourth-order valence-electron chi connectivity index (χ4n) is 0.925. The second kappa shape index (κ2) is 4.77. The molecule has 13 heavy (non-hydrogen) atoms. The van der Waals surface area contributed by atoms with Crippen LogP contribution in [0.15, 0.2) is 24.2 Å². The Morgan fingerprint density at radius 2 is 2.31 bits per heavy atom. The minimum absolute atomic E-state index is 0.744. The number of rotatable bonds is 4. The highest BCUT2D eigenvalue weighted by Crippen LogP contribution is 2.03. The van der Waals surface area contributed by atoms with Gasteiger partial charge in [0.2, 0.25) is 5.88 Å². The van der Waals surface area contributed by atoms with Gasteiger partial charge >= 0.3 is 0 Å². The number of allylic oxidation sites excluding steroid dienone is 2. The summed E-state index contributed by atoms with van der Waals surface area (Å²) in [7, 11) is 3.92. The Labute approximate surface area is 79.4 Å². The van der Waals surface area contributed by atoms with Crippen molar-refractivity contribution in [2.75, 3.05) is 20.7 Å². The van der Waals surface area contributed by atoms with Crippen molar-refractivity contribution < 1.29 is 4.74 Å². The van der Waals surface area contributed by atoms with E-state index in [9.17, 15) is 0 Å². The average molecular weight is 183 g/mol. The van der Waals surface area contributed by atoms with E-state index in [2.05, 4.69) is 12.3 Å². The van der Waals surface area contributed by atoms with Gasteiger partial charge in [-0.1, -0.05) is 6.92 Å². The van der Waals surface area contributed by atoms with Gasteiger partial charge in [-0.2, -0.15) is 0 Å². The predicted molar refractivity (Wildman–Crippen MR) is 52.1 cm³/mol. The summed E-state index contributed by atoms with van der Waals surface area (Å²) in [5, 5.41) is 3.78. The Bertz CT molecular complexity index is 211. The van der Waals surface area contributed by atoms with Crippen LogP contribution < -0.4 is 5.43 Å². The third-order valence-corrected chi connectivity index (χ3v) is 1.59. The summed E-state index contributed by atoms with van der Waals surface area (Å²) < 4.78 is 5.44. The van der Waals surface area contributed by atoms with Crippen molar-refractivity contribution in [2.45, 2.75) is 13.3 Å². The van der Waals surface area contributed by atoms with Gasteiger partial charge in [0.15, 0.2) is 0 Å². The van der Waals surface area contributed by atoms with Crippen LogP contribution >= 0.6 is 0 Å². The number of nitrogens with one attached hydrogen (secondary N) is 1. The molecule has 4 heteroatoms. The molecule has 0 saturated heterocycles. The number of nitrogens with zero attached hydrogens (tertiary/aromatic N) is 2. The van der Waals surface area contributed by atoms with Crippen molar-refractivity contribution in [1.82, 2.24) is 15.6 Å². The van der Waals surface area contributed by atoms with Crippen molar-refractivity contribution in [3.63, 3.8) is 0 Å². The second-order valence-electron chi connectivity index (χ2n) is 3.02. The van der Waals surface area contributed by atoms with E-state index in [-0.39, 0.29) is 0 Å². The summed E-state index contributed by atoms with van der Waals surface area (Å²) in [6.07, 6.45) is 6.81. The molecule has 0 aromatic heterocycles. The Kier molecular flexibility index (Phi) is 3.64. The molecular formula is C9H17N3O. The van der Waals surface area contributed by atoms with Gasteiger partial charge in [0.05, 0.1) is 6.61 Å². The first-order chi connectivity index (χ1) is 6.24. The van der Waals surface area contributed by atoms with Gasteiger partial charge in [-0.15, -0.1) is 0 Å². The highest BCUT2D eigenvalue weighted by atomic mass is 16.5. The Hall–Kier alpha value is -1.16. The Balaban J connectivity index is 2.41. The average Bonchev–Trinajstić information content (AvgIpc) is 2.15. The first kappa shape index (κ1) is 9.92. The fourth-order valence-corrected chi connectivity index (χ4v) is 0.925. The summed E-state index contributed by atoms with van der Waals surface area (Å²) in [5.41, 5.74) is 3.10. The Morgan fingerprint density at radius 1 is 1.54 bits per heavy atom. The van der Waals surface area contributed by atoms with Gasteiger partial charge in [0.1, 0.15) is 0 Å². The molecule has 1 heterocycles. The standard InChI is InChI=1S/C9H17N3O/c1-4-8-13-9-6-5-7-12(10-9)11(2)3/h5-7,10H,4,8H2,1-3H3. The van der Waals surface area contributed by atoms with Crippen molar-refractivity contribution >= 4 is 0 Å². The maximum atomic E-state index is 5.44. The van der Waals surface area contributed by atoms with Crippen LogP contribution in [0, 0.1) is 0 Å². The van der Waals surface area contributed by atoms with Crippen LogP contribution in [0.2, 0.25) is 0 Å². The van der Waals surface area contributed by atoms with Crippen LogP contribution in [-0.2, 0) is 4.74 Å². The number of hydrogen-bond acceptors (Lipinski definition) is 4. The summed E-state index contributed by atoms with van der Waals surface area (Å²) in [5.74, 6) is 0.790. The lowest BCUT2D eigenvalue weighted by atomic mass is 10.5. The summed E-state index contributed by atoms with van der Waals surface area (Å²) >= 11 is 0. The number of hydrazine groups is 2. The molecule has 74 valence electrons. The molecule has 0 amide bonds. The van der Waals surface area contributed by atoms with E-state index in [1.165, 1.54) is 0 Å². The SMILES string of the molecule is CCCOC1=CC=CN(N(C)C)N1. The van der Waals surface area contributed by atoms with Crippen molar-refractivity contribution in [2.24, 2.45) is 0 Å². The molecule has 0 aromatic rings. The molecule has 0 aliphatic carbocycles. The third-order valence-electron chi connectivity index (χ3n) is 1.59. The molecule has 1 aliphatic heterocycles. The highest BCUT2D eigenvalue weighted by Gasteiger charge is 2.07. The fraction of sp³-hybridized carbons (Fsp3) is 0.556. The van der Waals surface area contributed by atoms with Crippen molar-refractivity contribution in [3.05, 3.63) is 24.2 Å². The minimum Gasteiger partial charge on any atom is -0.478 e. The van der Waals surface area contributed by atoms with Gasteiger partial charge in [-0.3, -0.25) is 5.43 Å². The number of hydrogen-bond donors (Lipinski definition) is 1. The van der Waals surface area contributed by atoms with E-state index in [1.807, 2.05) is 42.6 Å². The molecule has 0 fully saturated rings. The largest absolute Gasteiger partial charge is 0.478 e. The zero-order chi connectivity index (χ0) is 9.68. The molecule has 0 radical (unpaired) electrons.